The van der Waals surface area contributed by atoms with Crippen LogP contribution in [-0.2, 0) is 20.0 Å². The molecule has 0 saturated carbocycles. The normalized spacial score (nSPS) is 11.6. The van der Waals surface area contributed by atoms with Crippen LogP contribution in [0.3, 0.4) is 0 Å². The average molecular weight is 552 g/mol. The number of anilines is 3. The lowest BCUT2D eigenvalue weighted by atomic mass is 10.1. The quantitative estimate of drug-likeness (QED) is 0.296. The van der Waals surface area contributed by atoms with Crippen LogP contribution in [0.25, 0.3) is 0 Å². The molecule has 0 aliphatic rings. The highest BCUT2D eigenvalue weighted by molar-refractivity contribution is 7.93. The number of rotatable bonds is 8. The summed E-state index contributed by atoms with van der Waals surface area (Å²) >= 11 is 0. The third-order valence-corrected chi connectivity index (χ3v) is 8.65. The summed E-state index contributed by atoms with van der Waals surface area (Å²) in [6, 6.07) is 16.8. The summed E-state index contributed by atoms with van der Waals surface area (Å²) in [6.07, 6.45) is 2.82. The molecule has 3 N–H and O–H groups in total. The second kappa shape index (κ2) is 10.6. The van der Waals surface area contributed by atoms with Gasteiger partial charge in [0.25, 0.3) is 26.0 Å². The van der Waals surface area contributed by atoms with E-state index < -0.39 is 26.0 Å². The molecule has 0 bridgehead atoms. The lowest BCUT2D eigenvalue weighted by molar-refractivity contribution is 0.102. The van der Waals surface area contributed by atoms with E-state index in [0.717, 1.165) is 11.1 Å². The minimum atomic E-state index is -3.97. The fourth-order valence-electron chi connectivity index (χ4n) is 3.54. The van der Waals surface area contributed by atoms with Crippen LogP contribution in [0.15, 0.2) is 88.9 Å². The van der Waals surface area contributed by atoms with Crippen LogP contribution in [0.5, 0.6) is 0 Å². The highest BCUT2D eigenvalue weighted by Crippen LogP contribution is 2.25. The van der Waals surface area contributed by atoms with Gasteiger partial charge in [0, 0.05) is 23.6 Å². The zero-order chi connectivity index (χ0) is 27.5. The van der Waals surface area contributed by atoms with E-state index >= 15 is 0 Å². The summed E-state index contributed by atoms with van der Waals surface area (Å²) in [4.78, 5) is 20.5. The van der Waals surface area contributed by atoms with Gasteiger partial charge in [-0.15, -0.1) is 0 Å². The van der Waals surface area contributed by atoms with Crippen LogP contribution in [0.4, 0.5) is 17.3 Å². The minimum absolute atomic E-state index is 0.0262. The molecule has 0 aliphatic heterocycles. The molecular formula is C26H25N5O5S2. The minimum Gasteiger partial charge on any atom is -0.322 e. The Hall–Kier alpha value is -4.29. The third kappa shape index (κ3) is 5.98. The van der Waals surface area contributed by atoms with E-state index in [1.54, 1.807) is 31.2 Å². The van der Waals surface area contributed by atoms with Crippen molar-refractivity contribution in [1.82, 2.24) is 9.97 Å². The summed E-state index contributed by atoms with van der Waals surface area (Å²) < 4.78 is 56.3. The van der Waals surface area contributed by atoms with E-state index in [-0.39, 0.29) is 21.3 Å². The van der Waals surface area contributed by atoms with Crippen molar-refractivity contribution < 1.29 is 21.6 Å². The van der Waals surface area contributed by atoms with Crippen molar-refractivity contribution in [3.05, 3.63) is 101 Å². The van der Waals surface area contributed by atoms with Crippen LogP contribution < -0.4 is 14.8 Å². The summed E-state index contributed by atoms with van der Waals surface area (Å²) in [5, 5.41) is 2.66. The Balaban J connectivity index is 1.51. The number of carbonyl (C=O) groups excluding carboxylic acids is 1. The van der Waals surface area contributed by atoms with Gasteiger partial charge >= 0.3 is 0 Å². The molecule has 4 rings (SSSR count). The monoisotopic (exact) mass is 551 g/mol. The molecule has 0 radical (unpaired) electrons. The predicted octanol–water partition coefficient (Wildman–Crippen LogP) is 4.26. The van der Waals surface area contributed by atoms with Gasteiger partial charge < -0.3 is 5.32 Å². The van der Waals surface area contributed by atoms with Crippen molar-refractivity contribution in [3.8, 4) is 0 Å². The van der Waals surface area contributed by atoms with Gasteiger partial charge in [0.2, 0.25) is 5.95 Å². The number of aryl methyl sites for hydroxylation is 2. The number of benzene rings is 3. The second-order valence-electron chi connectivity index (χ2n) is 8.49. The fourth-order valence-corrected chi connectivity index (χ4v) is 5.90. The molecule has 3 aromatic carbocycles. The average Bonchev–Trinajstić information content (AvgIpc) is 2.87. The van der Waals surface area contributed by atoms with Gasteiger partial charge in [-0.3, -0.25) is 9.52 Å². The number of sulfonamides is 2. The van der Waals surface area contributed by atoms with Crippen molar-refractivity contribution in [1.29, 1.82) is 0 Å². The lowest BCUT2D eigenvalue weighted by Crippen LogP contribution is -2.18. The molecule has 0 atom stereocenters. The van der Waals surface area contributed by atoms with Gasteiger partial charge in [-0.1, -0.05) is 18.2 Å². The Morgan fingerprint density at radius 2 is 1.42 bits per heavy atom. The summed E-state index contributed by atoms with van der Waals surface area (Å²) in [5.74, 6) is -0.623. The first kappa shape index (κ1) is 26.8. The van der Waals surface area contributed by atoms with Gasteiger partial charge in [-0.25, -0.2) is 31.5 Å². The smallest absolute Gasteiger partial charge is 0.264 e. The van der Waals surface area contributed by atoms with E-state index in [1.807, 2.05) is 19.9 Å². The zero-order valence-electron chi connectivity index (χ0n) is 20.8. The fraction of sp³-hybridized carbons (Fsp3) is 0.115. The van der Waals surface area contributed by atoms with E-state index in [0.29, 0.717) is 16.9 Å². The maximum atomic E-state index is 13.2. The number of nitrogens with one attached hydrogen (secondary N) is 3. The maximum absolute atomic E-state index is 13.2. The first-order valence-electron chi connectivity index (χ1n) is 11.4. The van der Waals surface area contributed by atoms with Gasteiger partial charge in [0.15, 0.2) is 0 Å². The van der Waals surface area contributed by atoms with E-state index in [4.69, 9.17) is 0 Å². The van der Waals surface area contributed by atoms with Gasteiger partial charge in [-0.2, -0.15) is 0 Å². The van der Waals surface area contributed by atoms with Crippen molar-refractivity contribution in [2.75, 3.05) is 14.8 Å². The SMILES string of the molecule is Cc1ccc(C(=O)Nc2ccc(S(=O)(=O)Nc3ncccn3)cc2)cc1S(=O)(=O)Nc1cccc(C)c1C. The molecule has 1 aromatic heterocycles. The molecule has 0 spiro atoms. The van der Waals surface area contributed by atoms with Gasteiger partial charge in [-0.05, 0) is 86.0 Å². The highest BCUT2D eigenvalue weighted by Gasteiger charge is 2.21. The lowest BCUT2D eigenvalue weighted by Gasteiger charge is -2.14. The molecule has 4 aromatic rings. The standard InChI is InChI=1S/C26H25N5O5S2/c1-17-6-4-7-23(19(17)3)30-38(35,36)24-16-20(9-8-18(24)2)25(32)29-21-10-12-22(13-11-21)37(33,34)31-26-27-14-5-15-28-26/h4-16,30H,1-3H3,(H,29,32)(H,27,28,31). The Morgan fingerprint density at radius 1 is 0.737 bits per heavy atom. The molecule has 1 heterocycles. The number of amides is 1. The van der Waals surface area contributed by atoms with Crippen molar-refractivity contribution >= 4 is 43.3 Å². The Labute approximate surface area is 221 Å². The van der Waals surface area contributed by atoms with Crippen LogP contribution in [0.2, 0.25) is 0 Å². The number of hydrogen-bond acceptors (Lipinski definition) is 7. The first-order valence-corrected chi connectivity index (χ1v) is 14.3. The molecule has 10 nitrogen and oxygen atoms in total. The number of aromatic nitrogens is 2. The highest BCUT2D eigenvalue weighted by atomic mass is 32.2. The van der Waals surface area contributed by atoms with Crippen molar-refractivity contribution in [2.24, 2.45) is 0 Å². The van der Waals surface area contributed by atoms with Crippen LogP contribution in [-0.4, -0.2) is 32.7 Å². The topological polar surface area (TPSA) is 147 Å². The number of nitrogens with zero attached hydrogens (tertiary/aromatic N) is 2. The van der Waals surface area contributed by atoms with Crippen LogP contribution in [0.1, 0.15) is 27.0 Å². The van der Waals surface area contributed by atoms with Gasteiger partial charge in [0.1, 0.15) is 0 Å². The van der Waals surface area contributed by atoms with Crippen LogP contribution >= 0.6 is 0 Å². The summed E-state index contributed by atoms with van der Waals surface area (Å²) in [7, 11) is -7.90. The maximum Gasteiger partial charge on any atom is 0.264 e. The molecule has 38 heavy (non-hydrogen) atoms. The number of hydrogen-bond donors (Lipinski definition) is 3. The van der Waals surface area contributed by atoms with Crippen LogP contribution in [0, 0.1) is 20.8 Å². The van der Waals surface area contributed by atoms with Gasteiger partial charge in [0.05, 0.1) is 15.5 Å². The number of carbonyl (C=O) groups is 1. The zero-order valence-corrected chi connectivity index (χ0v) is 22.4. The molecular weight excluding hydrogens is 526 g/mol. The van der Waals surface area contributed by atoms with Crippen molar-refractivity contribution in [2.45, 2.75) is 30.6 Å². The molecule has 1 amide bonds. The largest absolute Gasteiger partial charge is 0.322 e. The first-order chi connectivity index (χ1) is 18.0. The summed E-state index contributed by atoms with van der Waals surface area (Å²) in [6.45, 7) is 5.36. The Bertz CT molecular complexity index is 1710. The Morgan fingerprint density at radius 3 is 2.11 bits per heavy atom. The van der Waals surface area contributed by atoms with E-state index in [2.05, 4.69) is 24.7 Å². The predicted molar refractivity (Wildman–Crippen MR) is 145 cm³/mol. The molecule has 12 heteroatoms. The second-order valence-corrected chi connectivity index (χ2v) is 11.8. The Kier molecular flexibility index (Phi) is 7.46. The molecule has 0 saturated heterocycles. The third-order valence-electron chi connectivity index (χ3n) is 5.80. The van der Waals surface area contributed by atoms with E-state index in [9.17, 15) is 21.6 Å². The van der Waals surface area contributed by atoms with E-state index in [1.165, 1.54) is 48.8 Å². The molecule has 196 valence electrons. The molecule has 0 unspecified atom stereocenters. The molecule has 0 aliphatic carbocycles. The van der Waals surface area contributed by atoms with Crippen molar-refractivity contribution in [3.63, 3.8) is 0 Å². The molecule has 0 fully saturated rings. The summed E-state index contributed by atoms with van der Waals surface area (Å²) in [5.41, 5.74) is 3.13.